The number of sulfonamides is 1. The van der Waals surface area contributed by atoms with Crippen LogP contribution in [0.3, 0.4) is 0 Å². The number of halogens is 1. The van der Waals surface area contributed by atoms with Gasteiger partial charge in [0.05, 0.1) is 12.8 Å². The van der Waals surface area contributed by atoms with E-state index < -0.39 is 10.0 Å². The van der Waals surface area contributed by atoms with Crippen LogP contribution in [0.5, 0.6) is 5.75 Å². The molecule has 0 bridgehead atoms. The molecule has 8 heteroatoms. The van der Waals surface area contributed by atoms with Crippen LogP contribution in [0.25, 0.3) is 11.3 Å². The summed E-state index contributed by atoms with van der Waals surface area (Å²) < 4.78 is 33.6. The predicted molar refractivity (Wildman–Crippen MR) is 110 cm³/mol. The van der Waals surface area contributed by atoms with Gasteiger partial charge in [-0.1, -0.05) is 43.6 Å². The summed E-state index contributed by atoms with van der Waals surface area (Å²) in [4.78, 5) is 4.47. The van der Waals surface area contributed by atoms with Gasteiger partial charge in [-0.15, -0.1) is 11.3 Å². The molecule has 1 aromatic heterocycles. The van der Waals surface area contributed by atoms with E-state index in [0.29, 0.717) is 16.5 Å². The summed E-state index contributed by atoms with van der Waals surface area (Å²) in [5.41, 5.74) is 2.45. The maximum Gasteiger partial charge on any atom is 0.267 e. The maximum absolute atomic E-state index is 12.9. The van der Waals surface area contributed by atoms with Crippen molar-refractivity contribution in [2.24, 2.45) is 0 Å². The van der Waals surface area contributed by atoms with Crippen LogP contribution in [0.4, 0.5) is 5.13 Å². The number of nitrogens with one attached hydrogen (secondary N) is 1. The summed E-state index contributed by atoms with van der Waals surface area (Å²) in [6, 6.07) is 12.4. The van der Waals surface area contributed by atoms with Gasteiger partial charge in [-0.3, -0.25) is 4.72 Å². The van der Waals surface area contributed by atoms with E-state index >= 15 is 0 Å². The molecule has 27 heavy (non-hydrogen) atoms. The van der Waals surface area contributed by atoms with Gasteiger partial charge in [0.1, 0.15) is 10.6 Å². The zero-order valence-corrected chi connectivity index (χ0v) is 17.5. The topological polar surface area (TPSA) is 68.3 Å². The average Bonchev–Trinajstić information content (AvgIpc) is 3.09. The van der Waals surface area contributed by atoms with Crippen molar-refractivity contribution in [3.05, 3.63) is 58.4 Å². The molecule has 0 radical (unpaired) electrons. The maximum atomic E-state index is 12.9. The van der Waals surface area contributed by atoms with Gasteiger partial charge in [0.25, 0.3) is 10.0 Å². The summed E-state index contributed by atoms with van der Waals surface area (Å²) >= 11 is 7.12. The van der Waals surface area contributed by atoms with Crippen molar-refractivity contribution in [3.63, 3.8) is 0 Å². The van der Waals surface area contributed by atoms with E-state index in [2.05, 4.69) is 9.71 Å². The Morgan fingerprint density at radius 1 is 1.15 bits per heavy atom. The highest BCUT2D eigenvalue weighted by atomic mass is 35.5. The van der Waals surface area contributed by atoms with Crippen molar-refractivity contribution >= 4 is 38.1 Å². The van der Waals surface area contributed by atoms with Crippen molar-refractivity contribution < 1.29 is 13.2 Å². The number of benzene rings is 2. The van der Waals surface area contributed by atoms with Crippen molar-refractivity contribution in [1.82, 2.24) is 4.98 Å². The largest absolute Gasteiger partial charge is 0.495 e. The minimum Gasteiger partial charge on any atom is -0.495 e. The lowest BCUT2D eigenvalue weighted by molar-refractivity contribution is 0.402. The Morgan fingerprint density at radius 2 is 1.85 bits per heavy atom. The van der Waals surface area contributed by atoms with Gasteiger partial charge in [0, 0.05) is 16.0 Å². The van der Waals surface area contributed by atoms with Crippen LogP contribution < -0.4 is 9.46 Å². The number of hydrogen-bond acceptors (Lipinski definition) is 5. The van der Waals surface area contributed by atoms with Crippen molar-refractivity contribution in [2.75, 3.05) is 11.8 Å². The molecule has 0 unspecified atom stereocenters. The van der Waals surface area contributed by atoms with E-state index in [9.17, 15) is 8.42 Å². The fourth-order valence-electron chi connectivity index (χ4n) is 2.51. The first-order valence-corrected chi connectivity index (χ1v) is 11.0. The molecule has 0 fully saturated rings. The standard InChI is InChI=1S/C19H19ClN2O3S2/c1-12(2)14-6-9-17(25-3)18(10-14)27(23,24)22-19-21-16(11-26-19)13-4-7-15(20)8-5-13/h4-12H,1-3H3,(H,21,22). The Bertz CT molecular complexity index is 1050. The van der Waals surface area contributed by atoms with Crippen LogP contribution in [0, 0.1) is 0 Å². The van der Waals surface area contributed by atoms with Crippen LogP contribution in [-0.2, 0) is 10.0 Å². The Kier molecular flexibility index (Phi) is 5.74. The average molecular weight is 423 g/mol. The van der Waals surface area contributed by atoms with Crippen molar-refractivity contribution in [3.8, 4) is 17.0 Å². The lowest BCUT2D eigenvalue weighted by Crippen LogP contribution is -2.14. The Hall–Kier alpha value is -2.09. The molecule has 0 spiro atoms. The second-order valence-corrected chi connectivity index (χ2v) is 9.16. The lowest BCUT2D eigenvalue weighted by Gasteiger charge is -2.13. The first kappa shape index (κ1) is 19.7. The lowest BCUT2D eigenvalue weighted by atomic mass is 10.0. The van der Waals surface area contributed by atoms with E-state index in [0.717, 1.165) is 11.1 Å². The highest BCUT2D eigenvalue weighted by molar-refractivity contribution is 7.93. The molecule has 0 saturated carbocycles. The number of hydrogen-bond donors (Lipinski definition) is 1. The van der Waals surface area contributed by atoms with Gasteiger partial charge in [-0.2, -0.15) is 0 Å². The molecule has 0 atom stereocenters. The highest BCUT2D eigenvalue weighted by Gasteiger charge is 2.22. The molecule has 1 N–H and O–H groups in total. The van der Waals surface area contributed by atoms with Gasteiger partial charge in [0.2, 0.25) is 0 Å². The fourth-order valence-corrected chi connectivity index (χ4v) is 4.81. The molecule has 0 aliphatic heterocycles. The molecule has 0 aliphatic carbocycles. The summed E-state index contributed by atoms with van der Waals surface area (Å²) in [5.74, 6) is 0.489. The molecule has 1 heterocycles. The molecule has 3 rings (SSSR count). The van der Waals surface area contributed by atoms with Crippen molar-refractivity contribution in [1.29, 1.82) is 0 Å². The predicted octanol–water partition coefficient (Wildman–Crippen LogP) is 5.40. The first-order chi connectivity index (χ1) is 12.8. The van der Waals surface area contributed by atoms with E-state index in [1.165, 1.54) is 18.4 Å². The second-order valence-electron chi connectivity index (χ2n) is 6.22. The van der Waals surface area contributed by atoms with E-state index in [1.54, 1.807) is 29.6 Å². The summed E-state index contributed by atoms with van der Waals surface area (Å²) in [6.45, 7) is 4.01. The first-order valence-electron chi connectivity index (χ1n) is 8.22. The summed E-state index contributed by atoms with van der Waals surface area (Å²) in [7, 11) is -2.39. The number of aromatic nitrogens is 1. The quantitative estimate of drug-likeness (QED) is 0.577. The van der Waals surface area contributed by atoms with Gasteiger partial charge < -0.3 is 4.74 Å². The molecule has 0 amide bonds. The fraction of sp³-hybridized carbons (Fsp3) is 0.211. The number of rotatable bonds is 6. The minimum absolute atomic E-state index is 0.0967. The number of methoxy groups -OCH3 is 1. The van der Waals surface area contributed by atoms with Gasteiger partial charge >= 0.3 is 0 Å². The van der Waals surface area contributed by atoms with Crippen LogP contribution in [0.15, 0.2) is 52.7 Å². The van der Waals surface area contributed by atoms with E-state index in [1.807, 2.05) is 32.0 Å². The third-order valence-corrected chi connectivity index (χ3v) is 6.51. The summed E-state index contributed by atoms with van der Waals surface area (Å²) in [5, 5.41) is 2.71. The number of anilines is 1. The Balaban J connectivity index is 1.91. The molecule has 0 aliphatic rings. The molecule has 142 valence electrons. The zero-order valence-electron chi connectivity index (χ0n) is 15.1. The summed E-state index contributed by atoms with van der Waals surface area (Å²) in [6.07, 6.45) is 0. The van der Waals surface area contributed by atoms with Gasteiger partial charge in [-0.25, -0.2) is 13.4 Å². The highest BCUT2D eigenvalue weighted by Crippen LogP contribution is 2.31. The Morgan fingerprint density at radius 3 is 2.48 bits per heavy atom. The van der Waals surface area contributed by atoms with E-state index in [4.69, 9.17) is 16.3 Å². The molecule has 5 nitrogen and oxygen atoms in total. The third-order valence-electron chi connectivity index (χ3n) is 4.01. The van der Waals surface area contributed by atoms with E-state index in [-0.39, 0.29) is 15.9 Å². The number of ether oxygens (including phenoxy) is 1. The van der Waals surface area contributed by atoms with Crippen LogP contribution in [0.1, 0.15) is 25.3 Å². The van der Waals surface area contributed by atoms with Crippen LogP contribution in [0.2, 0.25) is 5.02 Å². The van der Waals surface area contributed by atoms with Crippen LogP contribution >= 0.6 is 22.9 Å². The minimum atomic E-state index is -3.84. The molecule has 2 aromatic carbocycles. The Labute approximate surface area is 168 Å². The SMILES string of the molecule is COc1ccc(C(C)C)cc1S(=O)(=O)Nc1nc(-c2ccc(Cl)cc2)cs1. The molecular weight excluding hydrogens is 404 g/mol. The molecule has 3 aromatic rings. The second kappa shape index (κ2) is 7.88. The number of thiazole rings is 1. The smallest absolute Gasteiger partial charge is 0.267 e. The van der Waals surface area contributed by atoms with Crippen molar-refractivity contribution in [2.45, 2.75) is 24.7 Å². The molecule has 0 saturated heterocycles. The zero-order chi connectivity index (χ0) is 19.6. The monoisotopic (exact) mass is 422 g/mol. The third kappa shape index (κ3) is 4.43. The van der Waals surface area contributed by atoms with Crippen LogP contribution in [-0.4, -0.2) is 20.5 Å². The normalized spacial score (nSPS) is 11.6. The number of nitrogens with zero attached hydrogens (tertiary/aromatic N) is 1. The van der Waals surface area contributed by atoms with Gasteiger partial charge in [-0.05, 0) is 35.7 Å². The van der Waals surface area contributed by atoms with Gasteiger partial charge in [0.15, 0.2) is 5.13 Å². The molecular formula is C19H19ClN2O3S2.